The van der Waals surface area contributed by atoms with Gasteiger partial charge in [-0.1, -0.05) is 72.8 Å². The first-order valence-corrected chi connectivity index (χ1v) is 8.24. The van der Waals surface area contributed by atoms with E-state index in [0.717, 1.165) is 33.4 Å². The summed E-state index contributed by atoms with van der Waals surface area (Å²) in [4.78, 5) is 12.1. The van der Waals surface area contributed by atoms with Crippen molar-refractivity contribution in [3.63, 3.8) is 0 Å². The molecule has 0 aliphatic rings. The second-order valence-electron chi connectivity index (χ2n) is 6.07. The van der Waals surface area contributed by atoms with Gasteiger partial charge in [-0.05, 0) is 53.3 Å². The number of hydrogen-bond donors (Lipinski definition) is 1. The highest BCUT2D eigenvalue weighted by Gasteiger charge is 2.19. The Hall–Kier alpha value is -3.13. The molecule has 25 heavy (non-hydrogen) atoms. The molecular formula is C23H20O2. The predicted molar refractivity (Wildman–Crippen MR) is 103 cm³/mol. The molecular weight excluding hydrogens is 308 g/mol. The molecule has 0 fully saturated rings. The fourth-order valence-corrected chi connectivity index (χ4v) is 2.98. The minimum absolute atomic E-state index is 0.311. The van der Waals surface area contributed by atoms with Crippen LogP contribution in [0.15, 0.2) is 72.8 Å². The van der Waals surface area contributed by atoms with Crippen molar-refractivity contribution < 1.29 is 9.90 Å². The lowest BCUT2D eigenvalue weighted by molar-refractivity contribution is -0.130. The summed E-state index contributed by atoms with van der Waals surface area (Å²) in [5.74, 6) is -0.922. The summed E-state index contributed by atoms with van der Waals surface area (Å²) in [6.07, 6.45) is 1.75. The highest BCUT2D eigenvalue weighted by Crippen LogP contribution is 2.34. The van der Waals surface area contributed by atoms with Crippen LogP contribution in [0.5, 0.6) is 0 Å². The monoisotopic (exact) mass is 328 g/mol. The third-order valence-corrected chi connectivity index (χ3v) is 4.43. The number of carboxylic acid groups (broad SMARTS) is 1. The lowest BCUT2D eigenvalue weighted by Crippen LogP contribution is -2.05. The minimum atomic E-state index is -0.922. The van der Waals surface area contributed by atoms with Crippen LogP contribution in [0.3, 0.4) is 0 Å². The molecule has 0 aliphatic carbocycles. The molecule has 0 saturated carbocycles. The van der Waals surface area contributed by atoms with Gasteiger partial charge < -0.3 is 5.11 Å². The summed E-state index contributed by atoms with van der Waals surface area (Å²) >= 11 is 0. The maximum Gasteiger partial charge on any atom is 0.336 e. The third kappa shape index (κ3) is 3.53. The summed E-state index contributed by atoms with van der Waals surface area (Å²) < 4.78 is 0. The zero-order chi connectivity index (χ0) is 17.8. The van der Waals surface area contributed by atoms with Crippen LogP contribution in [0.25, 0.3) is 22.8 Å². The van der Waals surface area contributed by atoms with Gasteiger partial charge in [-0.25, -0.2) is 4.79 Å². The molecule has 0 aliphatic heterocycles. The molecule has 0 unspecified atom stereocenters. The van der Waals surface area contributed by atoms with Crippen LogP contribution in [0.1, 0.15) is 22.3 Å². The van der Waals surface area contributed by atoms with E-state index in [-0.39, 0.29) is 0 Å². The molecule has 3 aromatic carbocycles. The Morgan fingerprint density at radius 1 is 0.840 bits per heavy atom. The second kappa shape index (κ2) is 7.18. The van der Waals surface area contributed by atoms with E-state index < -0.39 is 5.97 Å². The zero-order valence-electron chi connectivity index (χ0n) is 14.4. The van der Waals surface area contributed by atoms with Gasteiger partial charge in [-0.2, -0.15) is 0 Å². The molecule has 2 nitrogen and oxygen atoms in total. The van der Waals surface area contributed by atoms with Crippen LogP contribution >= 0.6 is 0 Å². The lowest BCUT2D eigenvalue weighted by atomic mass is 9.88. The maximum atomic E-state index is 12.1. The van der Waals surface area contributed by atoms with Crippen LogP contribution in [-0.4, -0.2) is 11.1 Å². The SMILES string of the molecule is Cc1ccc(-c2ccccc2)c(/C(=C\c2ccccc2)C(=O)O)c1C. The molecule has 0 saturated heterocycles. The number of rotatable bonds is 4. The second-order valence-corrected chi connectivity index (χ2v) is 6.07. The van der Waals surface area contributed by atoms with Gasteiger partial charge in [0.15, 0.2) is 0 Å². The fraction of sp³-hybridized carbons (Fsp3) is 0.0870. The van der Waals surface area contributed by atoms with Gasteiger partial charge in [0.05, 0.1) is 5.57 Å². The minimum Gasteiger partial charge on any atom is -0.478 e. The van der Waals surface area contributed by atoms with Crippen molar-refractivity contribution in [3.8, 4) is 11.1 Å². The zero-order valence-corrected chi connectivity index (χ0v) is 14.4. The van der Waals surface area contributed by atoms with E-state index in [0.29, 0.717) is 5.57 Å². The Morgan fingerprint density at radius 3 is 2.04 bits per heavy atom. The predicted octanol–water partition coefficient (Wildman–Crippen LogP) is 5.60. The summed E-state index contributed by atoms with van der Waals surface area (Å²) in [7, 11) is 0. The lowest BCUT2D eigenvalue weighted by Gasteiger charge is -2.16. The quantitative estimate of drug-likeness (QED) is 0.500. The first-order chi connectivity index (χ1) is 12.1. The van der Waals surface area contributed by atoms with E-state index in [2.05, 4.69) is 0 Å². The molecule has 2 heteroatoms. The summed E-state index contributed by atoms with van der Waals surface area (Å²) in [6, 6.07) is 23.5. The van der Waals surface area contributed by atoms with Gasteiger partial charge in [0.2, 0.25) is 0 Å². The summed E-state index contributed by atoms with van der Waals surface area (Å²) in [6.45, 7) is 3.99. The van der Waals surface area contributed by atoms with Crippen molar-refractivity contribution in [3.05, 3.63) is 95.1 Å². The number of aryl methyl sites for hydroxylation is 1. The van der Waals surface area contributed by atoms with Crippen molar-refractivity contribution in [2.45, 2.75) is 13.8 Å². The third-order valence-electron chi connectivity index (χ3n) is 4.43. The topological polar surface area (TPSA) is 37.3 Å². The Balaban J connectivity index is 2.28. The molecule has 0 atom stereocenters. The van der Waals surface area contributed by atoms with Crippen molar-refractivity contribution in [2.24, 2.45) is 0 Å². The first-order valence-electron chi connectivity index (χ1n) is 8.24. The van der Waals surface area contributed by atoms with Crippen molar-refractivity contribution in [2.75, 3.05) is 0 Å². The highest BCUT2D eigenvalue weighted by atomic mass is 16.4. The first kappa shape index (κ1) is 16.7. The van der Waals surface area contributed by atoms with Gasteiger partial charge in [0.1, 0.15) is 0 Å². The van der Waals surface area contributed by atoms with Crippen LogP contribution in [0.2, 0.25) is 0 Å². The Kier molecular flexibility index (Phi) is 4.80. The molecule has 0 amide bonds. The average molecular weight is 328 g/mol. The molecule has 0 spiro atoms. The molecule has 3 rings (SSSR count). The average Bonchev–Trinajstić information content (AvgIpc) is 2.63. The van der Waals surface area contributed by atoms with Crippen LogP contribution in [0, 0.1) is 13.8 Å². The highest BCUT2D eigenvalue weighted by molar-refractivity contribution is 6.22. The molecule has 0 radical (unpaired) electrons. The fourth-order valence-electron chi connectivity index (χ4n) is 2.98. The maximum absolute atomic E-state index is 12.1. The molecule has 124 valence electrons. The van der Waals surface area contributed by atoms with Gasteiger partial charge in [-0.15, -0.1) is 0 Å². The van der Waals surface area contributed by atoms with Crippen molar-refractivity contribution >= 4 is 17.6 Å². The summed E-state index contributed by atoms with van der Waals surface area (Å²) in [5.41, 5.74) is 5.99. The van der Waals surface area contributed by atoms with Crippen molar-refractivity contribution in [1.82, 2.24) is 0 Å². The molecule has 0 heterocycles. The van der Waals surface area contributed by atoms with Gasteiger partial charge in [0.25, 0.3) is 0 Å². The molecule has 1 N–H and O–H groups in total. The largest absolute Gasteiger partial charge is 0.478 e. The molecule has 3 aromatic rings. The summed E-state index contributed by atoms with van der Waals surface area (Å²) in [5, 5.41) is 9.91. The molecule has 0 bridgehead atoms. The number of aliphatic carboxylic acids is 1. The Labute approximate surface area is 148 Å². The van der Waals surface area contributed by atoms with E-state index in [1.54, 1.807) is 6.08 Å². The van der Waals surface area contributed by atoms with E-state index in [4.69, 9.17) is 0 Å². The van der Waals surface area contributed by atoms with Gasteiger partial charge >= 0.3 is 5.97 Å². The van der Waals surface area contributed by atoms with E-state index >= 15 is 0 Å². The van der Waals surface area contributed by atoms with Crippen LogP contribution in [0.4, 0.5) is 0 Å². The van der Waals surface area contributed by atoms with E-state index in [1.165, 1.54) is 0 Å². The Bertz CT molecular complexity index is 923. The Morgan fingerprint density at radius 2 is 1.44 bits per heavy atom. The van der Waals surface area contributed by atoms with E-state index in [1.807, 2.05) is 86.6 Å². The number of carboxylic acids is 1. The van der Waals surface area contributed by atoms with Gasteiger partial charge in [0, 0.05) is 0 Å². The van der Waals surface area contributed by atoms with Crippen molar-refractivity contribution in [1.29, 1.82) is 0 Å². The molecule has 0 aromatic heterocycles. The van der Waals surface area contributed by atoms with Crippen LogP contribution < -0.4 is 0 Å². The number of benzene rings is 3. The standard InChI is InChI=1S/C23H20O2/c1-16-13-14-20(19-11-7-4-8-12-19)22(17(16)2)21(23(24)25)15-18-9-5-3-6-10-18/h3-15H,1-2H3,(H,24,25)/b21-15+. The number of carbonyl (C=O) groups is 1. The smallest absolute Gasteiger partial charge is 0.336 e. The van der Waals surface area contributed by atoms with E-state index in [9.17, 15) is 9.90 Å². The van der Waals surface area contributed by atoms with Gasteiger partial charge in [-0.3, -0.25) is 0 Å². The number of hydrogen-bond acceptors (Lipinski definition) is 1. The normalized spacial score (nSPS) is 11.4. The van der Waals surface area contributed by atoms with Crippen LogP contribution in [-0.2, 0) is 4.79 Å².